The Labute approximate surface area is 133 Å². The van der Waals surface area contributed by atoms with Crippen molar-refractivity contribution in [3.8, 4) is 12.3 Å². The number of sulfone groups is 1. The molecule has 1 N–H and O–H groups in total. The molecule has 0 unspecified atom stereocenters. The number of hydrogen-bond acceptors (Lipinski definition) is 5. The van der Waals surface area contributed by atoms with Gasteiger partial charge < -0.3 is 5.32 Å². The lowest BCUT2D eigenvalue weighted by molar-refractivity contribution is 0.0950. The van der Waals surface area contributed by atoms with Gasteiger partial charge in [0.2, 0.25) is 0 Å². The highest BCUT2D eigenvalue weighted by Gasteiger charge is 2.10. The summed E-state index contributed by atoms with van der Waals surface area (Å²) in [5.74, 6) is 2.08. The molecule has 0 radical (unpaired) electrons. The maximum Gasteiger partial charge on any atom is 0.270 e. The highest BCUT2D eigenvalue weighted by atomic mass is 32.2. The van der Waals surface area contributed by atoms with E-state index in [1.54, 1.807) is 23.6 Å². The van der Waals surface area contributed by atoms with E-state index in [9.17, 15) is 13.2 Å². The quantitative estimate of drug-likeness (QED) is 0.841. The summed E-state index contributed by atoms with van der Waals surface area (Å²) in [7, 11) is -3.22. The number of amides is 1. The first-order valence-corrected chi connectivity index (χ1v) is 9.16. The first kappa shape index (κ1) is 16.2. The molecule has 0 atom stereocenters. The fraction of sp³-hybridized carbons (Fsp3) is 0.200. The maximum atomic E-state index is 11.9. The SMILES string of the molecule is C#Cc1nc(C(=O)NCCc2cccc(S(C)(=O)=O)c2)cs1. The van der Waals surface area contributed by atoms with Gasteiger partial charge in [0.25, 0.3) is 5.91 Å². The molecular formula is C15H14N2O3S2. The van der Waals surface area contributed by atoms with Gasteiger partial charge >= 0.3 is 0 Å². The fourth-order valence-corrected chi connectivity index (χ4v) is 3.08. The molecule has 1 amide bonds. The van der Waals surface area contributed by atoms with Crippen LogP contribution >= 0.6 is 11.3 Å². The van der Waals surface area contributed by atoms with Gasteiger partial charge in [-0.1, -0.05) is 12.1 Å². The van der Waals surface area contributed by atoms with Gasteiger partial charge in [-0.3, -0.25) is 4.79 Å². The molecule has 2 rings (SSSR count). The Morgan fingerprint density at radius 2 is 2.23 bits per heavy atom. The predicted molar refractivity (Wildman–Crippen MR) is 85.6 cm³/mol. The molecule has 1 aromatic carbocycles. The third kappa shape index (κ3) is 4.16. The highest BCUT2D eigenvalue weighted by Crippen LogP contribution is 2.12. The second-order valence-electron chi connectivity index (χ2n) is 4.61. The lowest BCUT2D eigenvalue weighted by Gasteiger charge is -2.05. The van der Waals surface area contributed by atoms with E-state index in [2.05, 4.69) is 16.2 Å². The molecule has 0 fully saturated rings. The number of terminal acetylenes is 1. The molecule has 1 aromatic heterocycles. The van der Waals surface area contributed by atoms with Crippen LogP contribution in [0.2, 0.25) is 0 Å². The average molecular weight is 334 g/mol. The first-order chi connectivity index (χ1) is 10.4. The molecule has 2 aromatic rings. The second kappa shape index (κ2) is 6.73. The number of carbonyl (C=O) groups excluding carboxylic acids is 1. The molecular weight excluding hydrogens is 320 g/mol. The zero-order valence-corrected chi connectivity index (χ0v) is 13.5. The minimum Gasteiger partial charge on any atom is -0.350 e. The summed E-state index contributed by atoms with van der Waals surface area (Å²) < 4.78 is 23.0. The first-order valence-electron chi connectivity index (χ1n) is 6.39. The Balaban J connectivity index is 1.94. The molecule has 0 saturated carbocycles. The topological polar surface area (TPSA) is 76.1 Å². The monoisotopic (exact) mass is 334 g/mol. The van der Waals surface area contributed by atoms with E-state index in [0.29, 0.717) is 23.7 Å². The Morgan fingerprint density at radius 1 is 1.45 bits per heavy atom. The van der Waals surface area contributed by atoms with E-state index < -0.39 is 9.84 Å². The number of carbonyl (C=O) groups is 1. The van der Waals surface area contributed by atoms with Crippen LogP contribution in [0.3, 0.4) is 0 Å². The van der Waals surface area contributed by atoms with Crippen LogP contribution in [0, 0.1) is 12.3 Å². The number of nitrogens with zero attached hydrogens (tertiary/aromatic N) is 1. The van der Waals surface area contributed by atoms with Crippen molar-refractivity contribution in [2.45, 2.75) is 11.3 Å². The van der Waals surface area contributed by atoms with Crippen LogP contribution in [0.15, 0.2) is 34.5 Å². The Bertz CT molecular complexity index is 832. The highest BCUT2D eigenvalue weighted by molar-refractivity contribution is 7.90. The van der Waals surface area contributed by atoms with Gasteiger partial charge in [0, 0.05) is 18.2 Å². The van der Waals surface area contributed by atoms with Crippen LogP contribution in [0.4, 0.5) is 0 Å². The zero-order chi connectivity index (χ0) is 16.2. The molecule has 0 saturated heterocycles. The van der Waals surface area contributed by atoms with Crippen LogP contribution in [-0.4, -0.2) is 32.1 Å². The average Bonchev–Trinajstić information content (AvgIpc) is 2.95. The number of hydrogen-bond donors (Lipinski definition) is 1. The number of benzene rings is 1. The van der Waals surface area contributed by atoms with E-state index in [0.717, 1.165) is 5.56 Å². The molecule has 0 bridgehead atoms. The standard InChI is InChI=1S/C15H14N2O3S2/c1-3-14-17-13(10-21-14)15(18)16-8-7-11-5-4-6-12(9-11)22(2,19)20/h1,4-6,9-10H,7-8H2,2H3,(H,16,18). The summed E-state index contributed by atoms with van der Waals surface area (Å²) in [6.07, 6.45) is 6.90. The summed E-state index contributed by atoms with van der Waals surface area (Å²) in [5, 5.41) is 4.80. The normalized spacial score (nSPS) is 10.9. The minimum atomic E-state index is -3.22. The number of rotatable bonds is 5. The van der Waals surface area contributed by atoms with Crippen LogP contribution in [0.25, 0.3) is 0 Å². The van der Waals surface area contributed by atoms with E-state index >= 15 is 0 Å². The number of nitrogens with one attached hydrogen (secondary N) is 1. The van der Waals surface area contributed by atoms with E-state index in [1.807, 2.05) is 6.07 Å². The van der Waals surface area contributed by atoms with Crippen molar-refractivity contribution in [3.05, 3.63) is 45.9 Å². The van der Waals surface area contributed by atoms with E-state index in [-0.39, 0.29) is 10.8 Å². The third-order valence-corrected chi connectivity index (χ3v) is 4.77. The lowest BCUT2D eigenvalue weighted by Crippen LogP contribution is -2.26. The summed E-state index contributed by atoms with van der Waals surface area (Å²) in [6.45, 7) is 0.384. The Kier molecular flexibility index (Phi) is 4.96. The van der Waals surface area contributed by atoms with Gasteiger partial charge in [0.1, 0.15) is 5.69 Å². The molecule has 0 aliphatic carbocycles. The zero-order valence-electron chi connectivity index (χ0n) is 11.9. The second-order valence-corrected chi connectivity index (χ2v) is 7.48. The molecule has 0 spiro atoms. The van der Waals surface area contributed by atoms with E-state index in [4.69, 9.17) is 6.42 Å². The van der Waals surface area contributed by atoms with Crippen molar-refractivity contribution in [2.75, 3.05) is 12.8 Å². The summed E-state index contributed by atoms with van der Waals surface area (Å²) in [5.41, 5.74) is 1.13. The smallest absolute Gasteiger partial charge is 0.270 e. The van der Waals surface area contributed by atoms with Crippen LogP contribution in [0.5, 0.6) is 0 Å². The van der Waals surface area contributed by atoms with Crippen molar-refractivity contribution in [2.24, 2.45) is 0 Å². The van der Waals surface area contributed by atoms with E-state index in [1.165, 1.54) is 17.6 Å². The largest absolute Gasteiger partial charge is 0.350 e. The Morgan fingerprint density at radius 3 is 2.86 bits per heavy atom. The molecule has 0 aliphatic rings. The van der Waals surface area contributed by atoms with Crippen molar-refractivity contribution in [1.29, 1.82) is 0 Å². The predicted octanol–water partition coefficient (Wildman–Crippen LogP) is 1.50. The van der Waals surface area contributed by atoms with Gasteiger partial charge in [-0.15, -0.1) is 17.8 Å². The summed E-state index contributed by atoms with van der Waals surface area (Å²) in [6, 6.07) is 6.67. The van der Waals surface area contributed by atoms with Crippen LogP contribution in [-0.2, 0) is 16.3 Å². The van der Waals surface area contributed by atoms with Crippen molar-refractivity contribution in [1.82, 2.24) is 10.3 Å². The van der Waals surface area contributed by atoms with Crippen molar-refractivity contribution < 1.29 is 13.2 Å². The molecule has 5 nitrogen and oxygen atoms in total. The minimum absolute atomic E-state index is 0.273. The fourth-order valence-electron chi connectivity index (χ4n) is 1.79. The van der Waals surface area contributed by atoms with Gasteiger partial charge in [0.15, 0.2) is 14.8 Å². The van der Waals surface area contributed by atoms with Crippen LogP contribution in [0.1, 0.15) is 21.1 Å². The van der Waals surface area contributed by atoms with Gasteiger partial charge in [-0.05, 0) is 30.0 Å². The van der Waals surface area contributed by atoms with Gasteiger partial charge in [0.05, 0.1) is 4.90 Å². The molecule has 7 heteroatoms. The summed E-state index contributed by atoms with van der Waals surface area (Å²) in [4.78, 5) is 16.1. The Hall–Kier alpha value is -2.17. The van der Waals surface area contributed by atoms with Crippen molar-refractivity contribution >= 4 is 27.1 Å². The molecule has 22 heavy (non-hydrogen) atoms. The van der Waals surface area contributed by atoms with Gasteiger partial charge in [-0.25, -0.2) is 13.4 Å². The molecule has 1 heterocycles. The maximum absolute atomic E-state index is 11.9. The lowest BCUT2D eigenvalue weighted by atomic mass is 10.1. The molecule has 0 aliphatic heterocycles. The van der Waals surface area contributed by atoms with Crippen molar-refractivity contribution in [3.63, 3.8) is 0 Å². The number of thiazole rings is 1. The van der Waals surface area contributed by atoms with Crippen LogP contribution < -0.4 is 5.32 Å². The number of aromatic nitrogens is 1. The van der Waals surface area contributed by atoms with Gasteiger partial charge in [-0.2, -0.15) is 0 Å². The third-order valence-electron chi connectivity index (χ3n) is 2.89. The molecule has 114 valence electrons. The summed E-state index contributed by atoms with van der Waals surface area (Å²) >= 11 is 1.24.